The van der Waals surface area contributed by atoms with Crippen molar-refractivity contribution in [3.8, 4) is 0 Å². The maximum atomic E-state index is 13.2. The Kier molecular flexibility index (Phi) is 5.83. The van der Waals surface area contributed by atoms with Crippen molar-refractivity contribution in [1.82, 2.24) is 14.6 Å². The second-order valence-electron chi connectivity index (χ2n) is 6.30. The Morgan fingerprint density at radius 1 is 1.28 bits per heavy atom. The second-order valence-corrected chi connectivity index (χ2v) is 8.98. The predicted octanol–water partition coefficient (Wildman–Crippen LogP) is 3.06. The van der Waals surface area contributed by atoms with Crippen LogP contribution in [0.5, 0.6) is 0 Å². The largest absolute Gasteiger partial charge is 0.297 e. The Bertz CT molecular complexity index is 830. The highest BCUT2D eigenvalue weighted by Crippen LogP contribution is 2.18. The Balaban J connectivity index is 1.61. The quantitative estimate of drug-likeness (QED) is 0.833. The van der Waals surface area contributed by atoms with Crippen molar-refractivity contribution in [3.05, 3.63) is 45.7 Å². The van der Waals surface area contributed by atoms with Gasteiger partial charge in [0, 0.05) is 11.9 Å². The van der Waals surface area contributed by atoms with Gasteiger partial charge in [0.2, 0.25) is 10.0 Å². The van der Waals surface area contributed by atoms with E-state index in [2.05, 4.69) is 14.6 Å². The second kappa shape index (κ2) is 7.90. The Hall–Kier alpha value is -1.35. The van der Waals surface area contributed by atoms with Gasteiger partial charge in [0.25, 0.3) is 0 Å². The van der Waals surface area contributed by atoms with Crippen molar-refractivity contribution < 1.29 is 12.8 Å². The first-order valence-corrected chi connectivity index (χ1v) is 10.7. The SMILES string of the molecule is Cc1cc(F)ccc1S(=O)(=O)NCc1nc(CN2CCCCC2)cs1. The molecule has 0 aliphatic carbocycles. The van der Waals surface area contributed by atoms with E-state index in [4.69, 9.17) is 0 Å². The molecule has 0 bridgehead atoms. The average Bonchev–Trinajstić information content (AvgIpc) is 3.01. The first-order chi connectivity index (χ1) is 11.9. The molecule has 1 aromatic carbocycles. The number of hydrogen-bond acceptors (Lipinski definition) is 5. The van der Waals surface area contributed by atoms with E-state index >= 15 is 0 Å². The van der Waals surface area contributed by atoms with E-state index in [0.717, 1.165) is 36.4 Å². The van der Waals surface area contributed by atoms with Crippen LogP contribution in [0, 0.1) is 12.7 Å². The number of halogens is 1. The Labute approximate surface area is 151 Å². The van der Waals surface area contributed by atoms with Gasteiger partial charge in [0.05, 0.1) is 17.1 Å². The third kappa shape index (κ3) is 4.84. The number of nitrogens with one attached hydrogen (secondary N) is 1. The number of aromatic nitrogens is 1. The zero-order chi connectivity index (χ0) is 17.9. The summed E-state index contributed by atoms with van der Waals surface area (Å²) in [5, 5.41) is 2.72. The molecule has 1 aliphatic heterocycles. The molecule has 0 spiro atoms. The standard InChI is InChI=1S/C17H22FN3O2S2/c1-13-9-14(18)5-6-16(13)25(22,23)19-10-17-20-15(12-24-17)11-21-7-3-2-4-8-21/h5-6,9,12,19H,2-4,7-8,10-11H2,1H3. The van der Waals surface area contributed by atoms with Gasteiger partial charge in [-0.1, -0.05) is 6.42 Å². The molecular weight excluding hydrogens is 361 g/mol. The molecule has 1 saturated heterocycles. The van der Waals surface area contributed by atoms with Crippen molar-refractivity contribution in [1.29, 1.82) is 0 Å². The summed E-state index contributed by atoms with van der Waals surface area (Å²) in [6, 6.07) is 3.66. The summed E-state index contributed by atoms with van der Waals surface area (Å²) >= 11 is 1.46. The maximum Gasteiger partial charge on any atom is 0.241 e. The Morgan fingerprint density at radius 3 is 2.76 bits per heavy atom. The number of sulfonamides is 1. The summed E-state index contributed by atoms with van der Waals surface area (Å²) in [6.45, 7) is 4.74. The fourth-order valence-corrected chi connectivity index (χ4v) is 5.03. The van der Waals surface area contributed by atoms with E-state index in [9.17, 15) is 12.8 Å². The van der Waals surface area contributed by atoms with Gasteiger partial charge in [0.1, 0.15) is 10.8 Å². The number of thiazole rings is 1. The van der Waals surface area contributed by atoms with Gasteiger partial charge in [-0.2, -0.15) is 0 Å². The van der Waals surface area contributed by atoms with Crippen LogP contribution in [-0.2, 0) is 23.1 Å². The highest BCUT2D eigenvalue weighted by atomic mass is 32.2. The number of hydrogen-bond donors (Lipinski definition) is 1. The van der Waals surface area contributed by atoms with Crippen molar-refractivity contribution in [2.24, 2.45) is 0 Å². The van der Waals surface area contributed by atoms with E-state index in [1.807, 2.05) is 5.38 Å². The molecule has 0 atom stereocenters. The van der Waals surface area contributed by atoms with E-state index < -0.39 is 15.8 Å². The molecule has 3 rings (SSSR count). The van der Waals surface area contributed by atoms with Gasteiger partial charge >= 0.3 is 0 Å². The van der Waals surface area contributed by atoms with Crippen LogP contribution < -0.4 is 4.72 Å². The molecule has 0 radical (unpaired) electrons. The molecule has 1 fully saturated rings. The molecule has 1 N–H and O–H groups in total. The number of piperidine rings is 1. The lowest BCUT2D eigenvalue weighted by Gasteiger charge is -2.25. The topological polar surface area (TPSA) is 62.3 Å². The fraction of sp³-hybridized carbons (Fsp3) is 0.471. The normalized spacial score (nSPS) is 16.2. The fourth-order valence-electron chi connectivity index (χ4n) is 3.00. The number of likely N-dealkylation sites (tertiary alicyclic amines) is 1. The van der Waals surface area contributed by atoms with E-state index in [1.54, 1.807) is 6.92 Å². The monoisotopic (exact) mass is 383 g/mol. The van der Waals surface area contributed by atoms with Crippen LogP contribution >= 0.6 is 11.3 Å². The van der Waals surface area contributed by atoms with Gasteiger partial charge in [-0.15, -0.1) is 11.3 Å². The minimum atomic E-state index is -3.68. The van der Waals surface area contributed by atoms with Gasteiger partial charge in [-0.25, -0.2) is 22.5 Å². The summed E-state index contributed by atoms with van der Waals surface area (Å²) < 4.78 is 40.5. The average molecular weight is 384 g/mol. The molecule has 0 saturated carbocycles. The summed E-state index contributed by atoms with van der Waals surface area (Å²) in [4.78, 5) is 7.01. The number of rotatable bonds is 6. The van der Waals surface area contributed by atoms with E-state index in [0.29, 0.717) is 5.56 Å². The van der Waals surface area contributed by atoms with Crippen molar-refractivity contribution in [2.75, 3.05) is 13.1 Å². The first kappa shape index (κ1) is 18.4. The lowest BCUT2D eigenvalue weighted by atomic mass is 10.1. The highest BCUT2D eigenvalue weighted by Gasteiger charge is 2.18. The molecule has 2 aromatic rings. The van der Waals surface area contributed by atoms with Gasteiger partial charge in [-0.3, -0.25) is 4.90 Å². The molecule has 1 aliphatic rings. The molecule has 25 heavy (non-hydrogen) atoms. The molecule has 136 valence electrons. The molecule has 0 unspecified atom stereocenters. The Morgan fingerprint density at radius 2 is 2.04 bits per heavy atom. The molecule has 2 heterocycles. The van der Waals surface area contributed by atoms with Crippen molar-refractivity contribution in [3.63, 3.8) is 0 Å². The number of nitrogens with zero attached hydrogens (tertiary/aromatic N) is 2. The van der Waals surface area contributed by atoms with Gasteiger partial charge < -0.3 is 0 Å². The molecular formula is C17H22FN3O2S2. The molecule has 5 nitrogen and oxygen atoms in total. The molecule has 1 aromatic heterocycles. The minimum absolute atomic E-state index is 0.0963. The number of benzene rings is 1. The smallest absolute Gasteiger partial charge is 0.241 e. The van der Waals surface area contributed by atoms with Crippen LogP contribution in [-0.4, -0.2) is 31.4 Å². The van der Waals surface area contributed by atoms with Crippen molar-refractivity contribution in [2.45, 2.75) is 44.2 Å². The zero-order valence-electron chi connectivity index (χ0n) is 14.2. The zero-order valence-corrected chi connectivity index (χ0v) is 15.8. The molecule has 0 amide bonds. The van der Waals surface area contributed by atoms with E-state index in [1.165, 1.54) is 42.7 Å². The van der Waals surface area contributed by atoms with Crippen LogP contribution in [0.25, 0.3) is 0 Å². The summed E-state index contributed by atoms with van der Waals surface area (Å²) in [5.74, 6) is -0.446. The number of aryl methyl sites for hydroxylation is 1. The molecule has 8 heteroatoms. The third-order valence-corrected chi connectivity index (χ3v) is 6.73. The third-order valence-electron chi connectivity index (χ3n) is 4.27. The lowest BCUT2D eigenvalue weighted by Crippen LogP contribution is -2.29. The summed E-state index contributed by atoms with van der Waals surface area (Å²) in [7, 11) is -3.68. The van der Waals surface area contributed by atoms with E-state index in [-0.39, 0.29) is 11.4 Å². The lowest BCUT2D eigenvalue weighted by molar-refractivity contribution is 0.219. The summed E-state index contributed by atoms with van der Waals surface area (Å²) in [6.07, 6.45) is 3.75. The van der Waals surface area contributed by atoms with Crippen LogP contribution in [0.15, 0.2) is 28.5 Å². The predicted molar refractivity (Wildman–Crippen MR) is 96.4 cm³/mol. The van der Waals surface area contributed by atoms with Crippen LogP contribution in [0.3, 0.4) is 0 Å². The first-order valence-electron chi connectivity index (χ1n) is 8.35. The van der Waals surface area contributed by atoms with Crippen LogP contribution in [0.2, 0.25) is 0 Å². The maximum absolute atomic E-state index is 13.2. The van der Waals surface area contributed by atoms with Crippen LogP contribution in [0.1, 0.15) is 35.5 Å². The minimum Gasteiger partial charge on any atom is -0.297 e. The highest BCUT2D eigenvalue weighted by molar-refractivity contribution is 7.89. The summed E-state index contributed by atoms with van der Waals surface area (Å²) in [5.41, 5.74) is 1.37. The van der Waals surface area contributed by atoms with Gasteiger partial charge in [-0.05, 0) is 56.6 Å². The van der Waals surface area contributed by atoms with Gasteiger partial charge in [0.15, 0.2) is 0 Å². The van der Waals surface area contributed by atoms with Crippen molar-refractivity contribution >= 4 is 21.4 Å². The van der Waals surface area contributed by atoms with Crippen LogP contribution in [0.4, 0.5) is 4.39 Å².